The van der Waals surface area contributed by atoms with Crippen LogP contribution in [0.1, 0.15) is 0 Å². The molecule has 3 aromatic rings. The average Bonchev–Trinajstić information content (AvgIpc) is 2.56. The molecule has 1 radical (unpaired) electrons. The van der Waals surface area contributed by atoms with Gasteiger partial charge in [0.1, 0.15) is 5.72 Å². The Morgan fingerprint density at radius 1 is 0.650 bits per heavy atom. The zero-order chi connectivity index (χ0) is 13.8. The van der Waals surface area contributed by atoms with Crippen LogP contribution in [0.25, 0.3) is 22.8 Å². The van der Waals surface area contributed by atoms with Gasteiger partial charge in [-0.05, 0) is 0 Å². The van der Waals surface area contributed by atoms with Crippen LogP contribution in [0.2, 0.25) is 0 Å². The zero-order valence-corrected chi connectivity index (χ0v) is 10.6. The molecule has 1 heterocycles. The number of hydrogen-bond acceptors (Lipinski definition) is 4. The molecule has 2 aromatic carbocycles. The number of aromatic nitrogens is 3. The molecule has 0 aliphatic carbocycles. The van der Waals surface area contributed by atoms with Gasteiger partial charge in [0.25, 0.3) is 0 Å². The number of nitrogens with zero attached hydrogens (tertiary/aromatic N) is 3. The fourth-order valence-electron chi connectivity index (χ4n) is 1.88. The lowest BCUT2D eigenvalue weighted by atomic mass is 10.0. The minimum atomic E-state index is 0.248. The number of benzene rings is 2. The van der Waals surface area contributed by atoms with Crippen LogP contribution in [-0.2, 0) is 0 Å². The predicted octanol–water partition coefficient (Wildman–Crippen LogP) is 1.44. The van der Waals surface area contributed by atoms with Gasteiger partial charge in [-0.3, -0.25) is 0 Å². The summed E-state index contributed by atoms with van der Waals surface area (Å²) in [4.78, 5) is 12.9. The van der Waals surface area contributed by atoms with E-state index in [2.05, 4.69) is 15.0 Å². The third kappa shape index (κ3) is 2.58. The molecule has 20 heavy (non-hydrogen) atoms. The fourth-order valence-corrected chi connectivity index (χ4v) is 1.88. The van der Waals surface area contributed by atoms with Gasteiger partial charge in [-0.25, -0.2) is 15.0 Å². The van der Waals surface area contributed by atoms with E-state index in [4.69, 9.17) is 0 Å². The molecule has 0 atom stereocenters. The highest BCUT2D eigenvalue weighted by molar-refractivity contribution is 6.43. The SMILES string of the molecule is O[B]c1nc(-c2ccccc2)nc(-c2ccccc2)n1. The minimum absolute atomic E-state index is 0.248. The lowest BCUT2D eigenvalue weighted by Gasteiger charge is -2.06. The van der Waals surface area contributed by atoms with E-state index in [0.29, 0.717) is 11.6 Å². The van der Waals surface area contributed by atoms with Crippen molar-refractivity contribution in [1.82, 2.24) is 15.0 Å². The van der Waals surface area contributed by atoms with Crippen molar-refractivity contribution in [3.63, 3.8) is 0 Å². The normalized spacial score (nSPS) is 10.2. The van der Waals surface area contributed by atoms with Crippen molar-refractivity contribution in [2.75, 3.05) is 0 Å². The van der Waals surface area contributed by atoms with Crippen molar-refractivity contribution in [3.05, 3.63) is 60.7 Å². The first kappa shape index (κ1) is 12.5. The van der Waals surface area contributed by atoms with E-state index in [1.807, 2.05) is 60.7 Å². The lowest BCUT2D eigenvalue weighted by Crippen LogP contribution is -2.24. The molecular formula is C15H11BN3O. The van der Waals surface area contributed by atoms with Gasteiger partial charge >= 0.3 is 7.48 Å². The molecule has 0 spiro atoms. The van der Waals surface area contributed by atoms with Gasteiger partial charge in [0.2, 0.25) is 0 Å². The maximum Gasteiger partial charge on any atom is 0.375 e. The molecule has 0 saturated carbocycles. The Morgan fingerprint density at radius 2 is 1.10 bits per heavy atom. The predicted molar refractivity (Wildman–Crippen MR) is 78.3 cm³/mol. The topological polar surface area (TPSA) is 58.9 Å². The van der Waals surface area contributed by atoms with E-state index in [1.54, 1.807) is 0 Å². The Balaban J connectivity index is 2.13. The molecule has 0 fully saturated rings. The van der Waals surface area contributed by atoms with Gasteiger partial charge in [0, 0.05) is 11.1 Å². The molecule has 95 valence electrons. The molecule has 5 heteroatoms. The second-order valence-electron chi connectivity index (χ2n) is 4.20. The van der Waals surface area contributed by atoms with Gasteiger partial charge in [-0.1, -0.05) is 60.7 Å². The molecule has 0 amide bonds. The van der Waals surface area contributed by atoms with Crippen molar-refractivity contribution in [1.29, 1.82) is 0 Å². The Hall–Kier alpha value is -2.53. The smallest absolute Gasteiger partial charge is 0.375 e. The Morgan fingerprint density at radius 3 is 1.50 bits per heavy atom. The van der Waals surface area contributed by atoms with E-state index < -0.39 is 0 Å². The quantitative estimate of drug-likeness (QED) is 0.724. The zero-order valence-electron chi connectivity index (χ0n) is 10.6. The summed E-state index contributed by atoms with van der Waals surface area (Å²) in [5.41, 5.74) is 2.02. The van der Waals surface area contributed by atoms with E-state index in [1.165, 1.54) is 0 Å². The molecular weight excluding hydrogens is 249 g/mol. The fraction of sp³-hybridized carbons (Fsp3) is 0. The van der Waals surface area contributed by atoms with Crippen molar-refractivity contribution < 1.29 is 5.02 Å². The van der Waals surface area contributed by atoms with Crippen LogP contribution in [0.15, 0.2) is 60.7 Å². The summed E-state index contributed by atoms with van der Waals surface area (Å²) in [6.07, 6.45) is 0. The highest BCUT2D eigenvalue weighted by Crippen LogP contribution is 2.17. The summed E-state index contributed by atoms with van der Waals surface area (Å²) in [6, 6.07) is 19.2. The third-order valence-electron chi connectivity index (χ3n) is 2.83. The minimum Gasteiger partial charge on any atom is -0.447 e. The van der Waals surface area contributed by atoms with Crippen molar-refractivity contribution in [3.8, 4) is 22.8 Å². The van der Waals surface area contributed by atoms with Crippen molar-refractivity contribution in [2.24, 2.45) is 0 Å². The van der Waals surface area contributed by atoms with Crippen LogP contribution < -0.4 is 5.72 Å². The second-order valence-corrected chi connectivity index (χ2v) is 4.20. The summed E-state index contributed by atoms with van der Waals surface area (Å²) >= 11 is 0. The number of hydrogen-bond donors (Lipinski definition) is 1. The maximum atomic E-state index is 9.20. The Labute approximate surface area is 117 Å². The van der Waals surface area contributed by atoms with Gasteiger partial charge in [-0.2, -0.15) is 0 Å². The Bertz CT molecular complexity index is 647. The number of rotatable bonds is 3. The van der Waals surface area contributed by atoms with E-state index in [0.717, 1.165) is 18.6 Å². The first-order valence-electron chi connectivity index (χ1n) is 6.21. The first-order valence-corrected chi connectivity index (χ1v) is 6.21. The third-order valence-corrected chi connectivity index (χ3v) is 2.83. The molecule has 0 saturated heterocycles. The molecule has 4 nitrogen and oxygen atoms in total. The van der Waals surface area contributed by atoms with Crippen LogP contribution in [0.4, 0.5) is 0 Å². The largest absolute Gasteiger partial charge is 0.447 e. The summed E-state index contributed by atoms with van der Waals surface area (Å²) in [5.74, 6) is 1.08. The van der Waals surface area contributed by atoms with Crippen LogP contribution in [0.5, 0.6) is 0 Å². The maximum absolute atomic E-state index is 9.20. The monoisotopic (exact) mass is 260 g/mol. The van der Waals surface area contributed by atoms with Crippen LogP contribution in [0, 0.1) is 0 Å². The lowest BCUT2D eigenvalue weighted by molar-refractivity contribution is 0.612. The first-order chi connectivity index (χ1) is 9.86. The molecule has 0 unspecified atom stereocenters. The van der Waals surface area contributed by atoms with Gasteiger partial charge in [0.05, 0.1) is 0 Å². The van der Waals surface area contributed by atoms with Gasteiger partial charge < -0.3 is 5.02 Å². The summed E-state index contributed by atoms with van der Waals surface area (Å²) in [6.45, 7) is 0. The van der Waals surface area contributed by atoms with Crippen molar-refractivity contribution in [2.45, 2.75) is 0 Å². The summed E-state index contributed by atoms with van der Waals surface area (Å²) in [7, 11) is 0.889. The van der Waals surface area contributed by atoms with Crippen LogP contribution in [-0.4, -0.2) is 27.5 Å². The molecule has 0 bridgehead atoms. The second kappa shape index (κ2) is 5.63. The summed E-state index contributed by atoms with van der Waals surface area (Å²) < 4.78 is 0. The molecule has 0 aliphatic heterocycles. The van der Waals surface area contributed by atoms with E-state index in [9.17, 15) is 5.02 Å². The highest BCUT2D eigenvalue weighted by atomic mass is 16.2. The van der Waals surface area contributed by atoms with Crippen LogP contribution in [0.3, 0.4) is 0 Å². The molecule has 0 aliphatic rings. The van der Waals surface area contributed by atoms with Gasteiger partial charge in [0.15, 0.2) is 11.6 Å². The standard InChI is InChI=1S/C15H11BN3O/c20-16-15-18-13(11-7-3-1-4-8-11)17-14(19-15)12-9-5-2-6-10-12/h1-10,20H. The van der Waals surface area contributed by atoms with E-state index in [-0.39, 0.29) is 5.72 Å². The van der Waals surface area contributed by atoms with Crippen LogP contribution >= 0.6 is 0 Å². The summed E-state index contributed by atoms with van der Waals surface area (Å²) in [5, 5.41) is 9.20. The Kier molecular flexibility index (Phi) is 3.52. The highest BCUT2D eigenvalue weighted by Gasteiger charge is 2.10. The van der Waals surface area contributed by atoms with Crippen molar-refractivity contribution >= 4 is 13.2 Å². The average molecular weight is 260 g/mol. The van der Waals surface area contributed by atoms with Gasteiger partial charge in [-0.15, -0.1) is 0 Å². The van der Waals surface area contributed by atoms with E-state index >= 15 is 0 Å². The molecule has 1 N–H and O–H groups in total. The molecule has 3 rings (SSSR count). The molecule has 1 aromatic heterocycles.